The molecule has 6 nitrogen and oxygen atoms in total. The number of alkyl halides is 3. The van der Waals surface area contributed by atoms with E-state index in [2.05, 4.69) is 14.4 Å². The maximum atomic E-state index is 14.3. The molecule has 1 saturated heterocycles. The van der Waals surface area contributed by atoms with Crippen LogP contribution in [-0.4, -0.2) is 38.6 Å². The highest BCUT2D eigenvalue weighted by Gasteiger charge is 2.45. The fourth-order valence-corrected chi connectivity index (χ4v) is 4.24. The van der Waals surface area contributed by atoms with Gasteiger partial charge in [0, 0.05) is 23.8 Å². The van der Waals surface area contributed by atoms with Gasteiger partial charge in [0.15, 0.2) is 4.90 Å². The van der Waals surface area contributed by atoms with Crippen LogP contribution in [0.1, 0.15) is 17.5 Å². The van der Waals surface area contributed by atoms with Crippen LogP contribution in [0.4, 0.5) is 27.6 Å². The first-order valence-electron chi connectivity index (χ1n) is 9.15. The highest BCUT2D eigenvalue weighted by molar-refractivity contribution is 7.87. The standard InChI is InChI=1S/C19H16ClF5N2O4S/c20-14-4-1-3-11(10-27-5-2-6-27)13(14)9-26-12-7-15(21)17(16(22)8-12)32(29,30)31-18(28)19(23,24)25/h1,3-4,7-8,26H,2,5-6,9-10H2. The number of rotatable bonds is 7. The third-order valence-corrected chi connectivity index (χ3v) is 6.31. The summed E-state index contributed by atoms with van der Waals surface area (Å²) in [5.74, 6) is -6.59. The molecule has 0 bridgehead atoms. The number of nitrogens with one attached hydrogen (secondary N) is 1. The second-order valence-electron chi connectivity index (χ2n) is 6.95. The molecule has 0 spiro atoms. The Kier molecular flexibility index (Phi) is 6.96. The van der Waals surface area contributed by atoms with Gasteiger partial charge in [-0.15, -0.1) is 0 Å². The lowest BCUT2D eigenvalue weighted by molar-refractivity contribution is -0.189. The SMILES string of the molecule is O=C(OS(=O)(=O)c1c(F)cc(NCc2c(Cl)cccc2CN2CCC2)cc1F)C(F)(F)F. The normalized spacial score (nSPS) is 14.7. The van der Waals surface area contributed by atoms with Gasteiger partial charge in [0.1, 0.15) is 11.6 Å². The van der Waals surface area contributed by atoms with E-state index >= 15 is 0 Å². The number of nitrogens with zero attached hydrogens (tertiary/aromatic N) is 1. The molecule has 13 heteroatoms. The molecule has 32 heavy (non-hydrogen) atoms. The molecule has 1 heterocycles. The number of hydrogen-bond donors (Lipinski definition) is 1. The van der Waals surface area contributed by atoms with Crippen LogP contribution >= 0.6 is 11.6 Å². The second kappa shape index (κ2) is 9.20. The molecule has 0 aromatic heterocycles. The highest BCUT2D eigenvalue weighted by atomic mass is 35.5. The van der Waals surface area contributed by atoms with Gasteiger partial charge in [-0.05, 0) is 48.8 Å². The van der Waals surface area contributed by atoms with E-state index in [1.165, 1.54) is 0 Å². The first-order chi connectivity index (χ1) is 14.9. The number of likely N-dealkylation sites (tertiary alicyclic amines) is 1. The Morgan fingerprint density at radius 2 is 1.78 bits per heavy atom. The van der Waals surface area contributed by atoms with Crippen molar-refractivity contribution in [1.82, 2.24) is 4.90 Å². The average Bonchev–Trinajstić information content (AvgIpc) is 2.62. The quantitative estimate of drug-likeness (QED) is 0.455. The molecule has 1 N–H and O–H groups in total. The van der Waals surface area contributed by atoms with Crippen molar-refractivity contribution in [2.75, 3.05) is 18.4 Å². The van der Waals surface area contributed by atoms with Crippen molar-refractivity contribution < 1.29 is 39.3 Å². The molecule has 0 saturated carbocycles. The lowest BCUT2D eigenvalue weighted by atomic mass is 10.0. The Morgan fingerprint density at radius 1 is 1.16 bits per heavy atom. The Labute approximate surface area is 185 Å². The molecule has 0 amide bonds. The predicted molar refractivity (Wildman–Crippen MR) is 104 cm³/mol. The fraction of sp³-hybridized carbons (Fsp3) is 0.316. The Balaban J connectivity index is 1.80. The molecular weight excluding hydrogens is 483 g/mol. The lowest BCUT2D eigenvalue weighted by Gasteiger charge is -2.31. The molecule has 1 aliphatic heterocycles. The van der Waals surface area contributed by atoms with Crippen molar-refractivity contribution in [2.24, 2.45) is 0 Å². The summed E-state index contributed by atoms with van der Waals surface area (Å²) >= 11 is 6.25. The number of halogens is 6. The van der Waals surface area contributed by atoms with Crippen LogP contribution in [0.25, 0.3) is 0 Å². The van der Waals surface area contributed by atoms with Crippen LogP contribution < -0.4 is 5.32 Å². The summed E-state index contributed by atoms with van der Waals surface area (Å²) in [6.07, 6.45) is -4.58. The molecule has 174 valence electrons. The molecule has 0 unspecified atom stereocenters. The van der Waals surface area contributed by atoms with Crippen molar-refractivity contribution in [2.45, 2.75) is 30.6 Å². The number of anilines is 1. The largest absolute Gasteiger partial charge is 0.492 e. The number of carbonyl (C=O) groups is 1. The van der Waals surface area contributed by atoms with Gasteiger partial charge >= 0.3 is 22.3 Å². The topological polar surface area (TPSA) is 75.7 Å². The zero-order valence-corrected chi connectivity index (χ0v) is 17.8. The summed E-state index contributed by atoms with van der Waals surface area (Å²) < 4.78 is 92.2. The van der Waals surface area contributed by atoms with E-state index < -0.39 is 38.8 Å². The van der Waals surface area contributed by atoms with Crippen LogP contribution in [0.5, 0.6) is 0 Å². The molecular formula is C19H16ClF5N2O4S. The van der Waals surface area contributed by atoms with Gasteiger partial charge in [-0.2, -0.15) is 21.6 Å². The lowest BCUT2D eigenvalue weighted by Crippen LogP contribution is -2.36. The minimum atomic E-state index is -5.69. The van der Waals surface area contributed by atoms with Gasteiger partial charge in [0.2, 0.25) is 0 Å². The molecule has 0 radical (unpaired) electrons. The zero-order valence-electron chi connectivity index (χ0n) is 16.2. The van der Waals surface area contributed by atoms with Crippen molar-refractivity contribution in [3.63, 3.8) is 0 Å². The summed E-state index contributed by atoms with van der Waals surface area (Å²) in [6.45, 7) is 2.54. The van der Waals surface area contributed by atoms with Crippen molar-refractivity contribution in [3.8, 4) is 0 Å². The summed E-state index contributed by atoms with van der Waals surface area (Å²) in [7, 11) is -5.69. The maximum absolute atomic E-state index is 14.3. The van der Waals surface area contributed by atoms with Crippen LogP contribution in [-0.2, 0) is 32.2 Å². The zero-order chi connectivity index (χ0) is 23.7. The van der Waals surface area contributed by atoms with E-state index in [9.17, 15) is 35.2 Å². The number of carbonyl (C=O) groups excluding carboxylic acids is 1. The molecule has 1 aliphatic rings. The van der Waals surface area contributed by atoms with Crippen LogP contribution in [0.2, 0.25) is 5.02 Å². The van der Waals surface area contributed by atoms with Gasteiger partial charge in [-0.25, -0.2) is 13.6 Å². The fourth-order valence-electron chi connectivity index (χ4n) is 3.01. The summed E-state index contributed by atoms with van der Waals surface area (Å²) in [5, 5.41) is 3.12. The van der Waals surface area contributed by atoms with Crippen molar-refractivity contribution >= 4 is 33.4 Å². The minimum absolute atomic E-state index is 0.0386. The molecule has 3 rings (SSSR count). The molecule has 2 aromatic rings. The van der Waals surface area contributed by atoms with Crippen molar-refractivity contribution in [1.29, 1.82) is 0 Å². The van der Waals surface area contributed by atoms with Gasteiger partial charge in [-0.1, -0.05) is 23.7 Å². The minimum Gasteiger partial charge on any atom is -0.381 e. The van der Waals surface area contributed by atoms with Crippen LogP contribution in [0.15, 0.2) is 35.2 Å². The smallest absolute Gasteiger partial charge is 0.381 e. The summed E-state index contributed by atoms with van der Waals surface area (Å²) in [6, 6.07) is 6.38. The van der Waals surface area contributed by atoms with Crippen LogP contribution in [0, 0.1) is 11.6 Å². The van der Waals surface area contributed by atoms with Gasteiger partial charge < -0.3 is 9.50 Å². The van der Waals surface area contributed by atoms with Gasteiger partial charge in [-0.3, -0.25) is 4.90 Å². The van der Waals surface area contributed by atoms with Crippen molar-refractivity contribution in [3.05, 3.63) is 58.1 Å². The first-order valence-corrected chi connectivity index (χ1v) is 10.9. The van der Waals surface area contributed by atoms with Crippen LogP contribution in [0.3, 0.4) is 0 Å². The molecule has 0 atom stereocenters. The molecule has 2 aromatic carbocycles. The Hall–Kier alpha value is -2.44. The van der Waals surface area contributed by atoms with Gasteiger partial charge in [0.25, 0.3) is 0 Å². The third-order valence-electron chi connectivity index (χ3n) is 4.69. The summed E-state index contributed by atoms with van der Waals surface area (Å²) in [5.41, 5.74) is 1.36. The Morgan fingerprint density at radius 3 is 2.31 bits per heavy atom. The number of benzene rings is 2. The van der Waals surface area contributed by atoms with Gasteiger partial charge in [0.05, 0.1) is 0 Å². The third kappa shape index (κ3) is 5.48. The number of hydrogen-bond acceptors (Lipinski definition) is 6. The molecule has 1 fully saturated rings. The highest BCUT2D eigenvalue weighted by Crippen LogP contribution is 2.29. The van der Waals surface area contributed by atoms with E-state index in [0.29, 0.717) is 29.3 Å². The van der Waals surface area contributed by atoms with E-state index in [0.717, 1.165) is 25.1 Å². The first kappa shape index (κ1) is 24.2. The predicted octanol–water partition coefficient (Wildman–Crippen LogP) is 4.23. The molecule has 0 aliphatic carbocycles. The monoisotopic (exact) mass is 498 g/mol. The average molecular weight is 499 g/mol. The van der Waals surface area contributed by atoms with E-state index in [1.807, 2.05) is 6.07 Å². The maximum Gasteiger partial charge on any atom is 0.492 e. The van der Waals surface area contributed by atoms with E-state index in [4.69, 9.17) is 11.6 Å². The van der Waals surface area contributed by atoms with E-state index in [1.54, 1.807) is 12.1 Å². The Bertz CT molecular complexity index is 1110. The summed E-state index contributed by atoms with van der Waals surface area (Å²) in [4.78, 5) is 11.1. The van der Waals surface area contributed by atoms with E-state index in [-0.39, 0.29) is 12.2 Å². The second-order valence-corrected chi connectivity index (χ2v) is 8.84.